The number of hydrogen-bond acceptors (Lipinski definition) is 4. The molecule has 2 aromatic rings. The topological polar surface area (TPSA) is 89.2 Å². The minimum absolute atomic E-state index is 0.0493. The predicted molar refractivity (Wildman–Crippen MR) is 98.5 cm³/mol. The molecule has 1 aromatic carbocycles. The van der Waals surface area contributed by atoms with E-state index < -0.39 is 0 Å². The molecule has 0 bridgehead atoms. The molecule has 4 rings (SSSR count). The fourth-order valence-corrected chi connectivity index (χ4v) is 3.96. The zero-order valence-corrected chi connectivity index (χ0v) is 15.3. The van der Waals surface area contributed by atoms with Gasteiger partial charge in [-0.25, -0.2) is 14.0 Å². The van der Waals surface area contributed by atoms with E-state index in [0.29, 0.717) is 19.6 Å². The van der Waals surface area contributed by atoms with Crippen molar-refractivity contribution in [1.82, 2.24) is 24.6 Å². The number of carbonyl (C=O) groups excluding carboxylic acids is 2. The zero-order chi connectivity index (χ0) is 19.0. The minimum Gasteiger partial charge on any atom is -0.355 e. The van der Waals surface area contributed by atoms with Crippen LogP contribution in [-0.4, -0.2) is 50.7 Å². The van der Waals surface area contributed by atoms with Crippen LogP contribution >= 0.6 is 0 Å². The van der Waals surface area contributed by atoms with E-state index in [9.17, 15) is 14.4 Å². The molecule has 3 heterocycles. The Balaban J connectivity index is 1.51. The molecule has 0 radical (unpaired) electrons. The van der Waals surface area contributed by atoms with Crippen molar-refractivity contribution in [3.05, 3.63) is 46.6 Å². The number of benzene rings is 1. The molecule has 8 heteroatoms. The summed E-state index contributed by atoms with van der Waals surface area (Å²) >= 11 is 0. The van der Waals surface area contributed by atoms with Gasteiger partial charge >= 0.3 is 5.69 Å². The number of aromatic nitrogens is 3. The third kappa shape index (κ3) is 3.27. The molecule has 2 saturated heterocycles. The predicted octanol–water partition coefficient (Wildman–Crippen LogP) is 0.413. The van der Waals surface area contributed by atoms with Crippen LogP contribution in [0.1, 0.15) is 31.0 Å². The van der Waals surface area contributed by atoms with E-state index in [0.717, 1.165) is 24.4 Å². The summed E-state index contributed by atoms with van der Waals surface area (Å²) in [5, 5.41) is 7.20. The standard InChI is InChI=1S/C19H23N5O3/c1-22-19(27)24(15-5-3-2-4-6-15)17(21-22)13-7-9-23(10-8-13)18(26)14-11-16(25)20-12-14/h2-6,13-14H,7-12H2,1H3,(H,20,25)/t14-/m1/s1. The highest BCUT2D eigenvalue weighted by atomic mass is 16.2. The molecule has 0 unspecified atom stereocenters. The summed E-state index contributed by atoms with van der Waals surface area (Å²) in [5.41, 5.74) is 0.643. The number of piperidine rings is 1. The van der Waals surface area contributed by atoms with E-state index >= 15 is 0 Å². The average molecular weight is 369 g/mol. The molecule has 1 N–H and O–H groups in total. The molecule has 1 atom stereocenters. The Hall–Kier alpha value is -2.90. The SMILES string of the molecule is Cn1nc(C2CCN(C(=O)[C@H]3CNC(=O)C3)CC2)n(-c2ccccc2)c1=O. The monoisotopic (exact) mass is 369 g/mol. The van der Waals surface area contributed by atoms with Crippen LogP contribution in [-0.2, 0) is 16.6 Å². The minimum atomic E-state index is -0.244. The van der Waals surface area contributed by atoms with Crippen LogP contribution in [0.2, 0.25) is 0 Å². The summed E-state index contributed by atoms with van der Waals surface area (Å²) in [4.78, 5) is 38.4. The molecule has 2 aliphatic heterocycles. The zero-order valence-electron chi connectivity index (χ0n) is 15.3. The van der Waals surface area contributed by atoms with Crippen molar-refractivity contribution in [2.75, 3.05) is 19.6 Å². The lowest BCUT2D eigenvalue weighted by molar-refractivity contribution is -0.136. The van der Waals surface area contributed by atoms with Gasteiger partial charge in [-0.15, -0.1) is 0 Å². The van der Waals surface area contributed by atoms with Crippen LogP contribution in [0, 0.1) is 5.92 Å². The second-order valence-corrected chi connectivity index (χ2v) is 7.24. The third-order valence-corrected chi connectivity index (χ3v) is 5.46. The van der Waals surface area contributed by atoms with Crippen molar-refractivity contribution < 1.29 is 9.59 Å². The van der Waals surface area contributed by atoms with Crippen molar-refractivity contribution in [1.29, 1.82) is 0 Å². The van der Waals surface area contributed by atoms with Crippen molar-refractivity contribution >= 4 is 11.8 Å². The molecule has 142 valence electrons. The molecule has 2 aliphatic rings. The Bertz CT molecular complexity index is 909. The van der Waals surface area contributed by atoms with Crippen LogP contribution in [0.15, 0.2) is 35.1 Å². The summed E-state index contributed by atoms with van der Waals surface area (Å²) in [6.45, 7) is 1.67. The Morgan fingerprint density at radius 3 is 2.48 bits per heavy atom. The van der Waals surface area contributed by atoms with E-state index in [1.165, 1.54) is 4.68 Å². The molecular weight excluding hydrogens is 346 g/mol. The lowest BCUT2D eigenvalue weighted by Gasteiger charge is -2.33. The lowest BCUT2D eigenvalue weighted by atomic mass is 9.94. The van der Waals surface area contributed by atoms with Gasteiger partial charge < -0.3 is 10.2 Å². The van der Waals surface area contributed by atoms with E-state index in [2.05, 4.69) is 10.4 Å². The van der Waals surface area contributed by atoms with E-state index in [-0.39, 0.29) is 35.8 Å². The Morgan fingerprint density at radius 2 is 1.85 bits per heavy atom. The first-order chi connectivity index (χ1) is 13.0. The maximum atomic E-state index is 12.6. The van der Waals surface area contributed by atoms with Crippen LogP contribution in [0.5, 0.6) is 0 Å². The highest BCUT2D eigenvalue weighted by molar-refractivity contribution is 5.89. The number of rotatable bonds is 3. The number of amides is 2. The quantitative estimate of drug-likeness (QED) is 0.849. The Morgan fingerprint density at radius 1 is 1.15 bits per heavy atom. The summed E-state index contributed by atoms with van der Waals surface area (Å²) in [6.07, 6.45) is 1.79. The average Bonchev–Trinajstić information content (AvgIpc) is 3.26. The van der Waals surface area contributed by atoms with E-state index in [1.54, 1.807) is 11.6 Å². The number of para-hydroxylation sites is 1. The largest absolute Gasteiger partial charge is 0.355 e. The van der Waals surface area contributed by atoms with Gasteiger partial charge in [0, 0.05) is 39.0 Å². The number of aryl methyl sites for hydroxylation is 1. The molecule has 27 heavy (non-hydrogen) atoms. The van der Waals surface area contributed by atoms with Crippen LogP contribution in [0.3, 0.4) is 0 Å². The van der Waals surface area contributed by atoms with Crippen LogP contribution in [0.4, 0.5) is 0 Å². The first kappa shape index (κ1) is 17.5. The number of likely N-dealkylation sites (tertiary alicyclic amines) is 1. The highest BCUT2D eigenvalue weighted by Gasteiger charge is 2.34. The molecule has 0 spiro atoms. The Kier molecular flexibility index (Phi) is 4.55. The normalized spacial score (nSPS) is 20.7. The molecule has 0 saturated carbocycles. The summed E-state index contributed by atoms with van der Waals surface area (Å²) in [5.74, 6) is 0.619. The lowest BCUT2D eigenvalue weighted by Crippen LogP contribution is -2.42. The van der Waals surface area contributed by atoms with Gasteiger partial charge in [-0.2, -0.15) is 5.10 Å². The van der Waals surface area contributed by atoms with Gasteiger partial charge in [0.15, 0.2) is 0 Å². The van der Waals surface area contributed by atoms with Crippen molar-refractivity contribution in [2.24, 2.45) is 13.0 Å². The fraction of sp³-hybridized carbons (Fsp3) is 0.474. The first-order valence-electron chi connectivity index (χ1n) is 9.31. The van der Waals surface area contributed by atoms with Gasteiger partial charge in [-0.3, -0.25) is 9.59 Å². The van der Waals surface area contributed by atoms with Crippen molar-refractivity contribution in [3.8, 4) is 5.69 Å². The Labute approximate surface area is 156 Å². The van der Waals surface area contributed by atoms with Crippen molar-refractivity contribution in [3.63, 3.8) is 0 Å². The smallest absolute Gasteiger partial charge is 0.350 e. The summed E-state index contributed by atoms with van der Waals surface area (Å²) < 4.78 is 3.04. The van der Waals surface area contributed by atoms with Gasteiger partial charge in [0.1, 0.15) is 5.82 Å². The van der Waals surface area contributed by atoms with E-state index in [4.69, 9.17) is 0 Å². The van der Waals surface area contributed by atoms with Crippen molar-refractivity contribution in [2.45, 2.75) is 25.2 Å². The fourth-order valence-electron chi connectivity index (χ4n) is 3.96. The maximum Gasteiger partial charge on any atom is 0.350 e. The number of nitrogens with zero attached hydrogens (tertiary/aromatic N) is 4. The summed E-state index contributed by atoms with van der Waals surface area (Å²) in [7, 11) is 1.66. The van der Waals surface area contributed by atoms with Crippen LogP contribution < -0.4 is 11.0 Å². The van der Waals surface area contributed by atoms with Crippen LogP contribution in [0.25, 0.3) is 5.69 Å². The molecule has 0 aliphatic carbocycles. The molecule has 2 amide bonds. The second-order valence-electron chi connectivity index (χ2n) is 7.24. The number of carbonyl (C=O) groups is 2. The second kappa shape index (κ2) is 7.02. The van der Waals surface area contributed by atoms with Gasteiger partial charge in [-0.05, 0) is 25.0 Å². The van der Waals surface area contributed by atoms with Gasteiger partial charge in [0.25, 0.3) is 0 Å². The molecule has 8 nitrogen and oxygen atoms in total. The number of nitrogens with one attached hydrogen (secondary N) is 1. The number of hydrogen-bond donors (Lipinski definition) is 1. The first-order valence-corrected chi connectivity index (χ1v) is 9.31. The van der Waals surface area contributed by atoms with Gasteiger partial charge in [-0.1, -0.05) is 18.2 Å². The van der Waals surface area contributed by atoms with E-state index in [1.807, 2.05) is 35.2 Å². The third-order valence-electron chi connectivity index (χ3n) is 5.46. The molecule has 1 aromatic heterocycles. The molecule has 2 fully saturated rings. The molecular formula is C19H23N5O3. The van der Waals surface area contributed by atoms with Gasteiger partial charge in [0.05, 0.1) is 11.6 Å². The summed E-state index contributed by atoms with van der Waals surface area (Å²) in [6, 6.07) is 9.51. The maximum absolute atomic E-state index is 12.6. The highest BCUT2D eigenvalue weighted by Crippen LogP contribution is 2.28. The van der Waals surface area contributed by atoms with Gasteiger partial charge in [0.2, 0.25) is 11.8 Å².